The lowest BCUT2D eigenvalue weighted by molar-refractivity contribution is 0.415. The van der Waals surface area contributed by atoms with Gasteiger partial charge in [-0.3, -0.25) is 4.57 Å². The van der Waals surface area contributed by atoms with E-state index >= 15 is 0 Å². The van der Waals surface area contributed by atoms with Crippen LogP contribution in [0.25, 0.3) is 16.7 Å². The second-order valence-electron chi connectivity index (χ2n) is 4.42. The van der Waals surface area contributed by atoms with Gasteiger partial charge >= 0.3 is 0 Å². The van der Waals surface area contributed by atoms with Crippen molar-refractivity contribution < 1.29 is 9.13 Å². The van der Waals surface area contributed by atoms with Crippen molar-refractivity contribution in [3.05, 3.63) is 52.5 Å². The molecule has 1 N–H and O–H groups in total. The topological polar surface area (TPSA) is 53.7 Å². The molecule has 0 radical (unpaired) electrons. The maximum Gasteiger partial charge on any atom is 0.182 e. The smallest absolute Gasteiger partial charge is 0.182 e. The molecule has 3 aromatic rings. The molecule has 0 aliphatic carbocycles. The van der Waals surface area contributed by atoms with Gasteiger partial charge in [-0.05, 0) is 42.5 Å². The van der Waals surface area contributed by atoms with E-state index in [1.54, 1.807) is 17.7 Å². The number of aromatic amines is 1. The van der Waals surface area contributed by atoms with E-state index < -0.39 is 5.82 Å². The zero-order valence-corrected chi connectivity index (χ0v) is 11.9. The molecular formula is C15H10FN3OS. The number of ether oxygens (including phenoxy) is 1. The molecule has 104 valence electrons. The van der Waals surface area contributed by atoms with E-state index in [2.05, 4.69) is 4.98 Å². The Hall–Kier alpha value is -2.65. The van der Waals surface area contributed by atoms with Gasteiger partial charge in [0.2, 0.25) is 0 Å². The summed E-state index contributed by atoms with van der Waals surface area (Å²) in [4.78, 5) is 3.07. The van der Waals surface area contributed by atoms with E-state index in [9.17, 15) is 4.39 Å². The molecule has 4 nitrogen and oxygen atoms in total. The van der Waals surface area contributed by atoms with Crippen molar-refractivity contribution in [1.29, 1.82) is 5.26 Å². The molecule has 0 aliphatic heterocycles. The van der Waals surface area contributed by atoms with Gasteiger partial charge in [-0.1, -0.05) is 0 Å². The third-order valence-corrected chi connectivity index (χ3v) is 3.50. The highest BCUT2D eigenvalue weighted by molar-refractivity contribution is 7.71. The zero-order chi connectivity index (χ0) is 15.0. The fourth-order valence-corrected chi connectivity index (χ4v) is 2.53. The molecule has 0 bridgehead atoms. The largest absolute Gasteiger partial charge is 0.497 e. The molecule has 0 fully saturated rings. The molecule has 6 heteroatoms. The van der Waals surface area contributed by atoms with Crippen LogP contribution in [-0.4, -0.2) is 16.7 Å². The molecule has 0 unspecified atom stereocenters. The second kappa shape index (κ2) is 5.04. The van der Waals surface area contributed by atoms with Crippen LogP contribution in [0, 0.1) is 21.9 Å². The van der Waals surface area contributed by atoms with Crippen LogP contribution in [0.3, 0.4) is 0 Å². The Balaban J connectivity index is 2.28. The SMILES string of the molecule is COc1ccc2c(c1)[nH]c(=S)n2-c1ccc(F)c(C#N)c1. The predicted molar refractivity (Wildman–Crippen MR) is 79.7 cm³/mol. The number of aromatic nitrogens is 2. The number of benzene rings is 2. The first-order valence-electron chi connectivity index (χ1n) is 6.13. The van der Waals surface area contributed by atoms with Gasteiger partial charge in [-0.25, -0.2) is 4.39 Å². The summed E-state index contributed by atoms with van der Waals surface area (Å²) in [6.07, 6.45) is 0. The summed E-state index contributed by atoms with van der Waals surface area (Å²) in [5, 5.41) is 8.94. The summed E-state index contributed by atoms with van der Waals surface area (Å²) in [6.45, 7) is 0. The predicted octanol–water partition coefficient (Wildman–Crippen LogP) is 3.71. The zero-order valence-electron chi connectivity index (χ0n) is 11.1. The highest BCUT2D eigenvalue weighted by Crippen LogP contribution is 2.24. The van der Waals surface area contributed by atoms with Crippen molar-refractivity contribution in [2.24, 2.45) is 0 Å². The molecule has 21 heavy (non-hydrogen) atoms. The normalized spacial score (nSPS) is 10.5. The molecule has 0 amide bonds. The fraction of sp³-hybridized carbons (Fsp3) is 0.0667. The van der Waals surface area contributed by atoms with E-state index in [-0.39, 0.29) is 5.56 Å². The van der Waals surface area contributed by atoms with Crippen LogP contribution < -0.4 is 4.74 Å². The van der Waals surface area contributed by atoms with Gasteiger partial charge in [0.25, 0.3) is 0 Å². The number of hydrogen-bond acceptors (Lipinski definition) is 3. The van der Waals surface area contributed by atoms with Crippen LogP contribution in [0.2, 0.25) is 0 Å². The Morgan fingerprint density at radius 2 is 2.10 bits per heavy atom. The third-order valence-electron chi connectivity index (χ3n) is 3.22. The summed E-state index contributed by atoms with van der Waals surface area (Å²) in [6, 6.07) is 11.7. The van der Waals surface area contributed by atoms with E-state index in [4.69, 9.17) is 22.2 Å². The highest BCUT2D eigenvalue weighted by atomic mass is 32.1. The van der Waals surface area contributed by atoms with Crippen LogP contribution in [0.1, 0.15) is 5.56 Å². The first kappa shape index (κ1) is 13.3. The summed E-state index contributed by atoms with van der Waals surface area (Å²) in [5.41, 5.74) is 2.25. The number of rotatable bonds is 2. The molecule has 0 saturated heterocycles. The van der Waals surface area contributed by atoms with E-state index in [1.807, 2.05) is 24.3 Å². The summed E-state index contributed by atoms with van der Waals surface area (Å²) in [5.74, 6) is 0.164. The van der Waals surface area contributed by atoms with Crippen molar-refractivity contribution in [3.63, 3.8) is 0 Å². The molecule has 1 aromatic heterocycles. The fourth-order valence-electron chi connectivity index (χ4n) is 2.21. The Morgan fingerprint density at radius 3 is 2.81 bits per heavy atom. The quantitative estimate of drug-likeness (QED) is 0.734. The lowest BCUT2D eigenvalue weighted by atomic mass is 10.2. The van der Waals surface area contributed by atoms with Gasteiger partial charge in [-0.15, -0.1) is 0 Å². The molecule has 0 spiro atoms. The Bertz CT molecular complexity index is 936. The molecule has 2 aromatic carbocycles. The van der Waals surface area contributed by atoms with Crippen LogP contribution >= 0.6 is 12.2 Å². The number of hydrogen-bond donors (Lipinski definition) is 1. The van der Waals surface area contributed by atoms with Crippen LogP contribution in [0.15, 0.2) is 36.4 Å². The van der Waals surface area contributed by atoms with Gasteiger partial charge < -0.3 is 9.72 Å². The first-order valence-corrected chi connectivity index (χ1v) is 6.53. The van der Waals surface area contributed by atoms with Gasteiger partial charge in [0, 0.05) is 11.8 Å². The number of fused-ring (bicyclic) bond motifs is 1. The average molecular weight is 299 g/mol. The monoisotopic (exact) mass is 299 g/mol. The number of halogens is 1. The number of methoxy groups -OCH3 is 1. The van der Waals surface area contributed by atoms with Crippen LogP contribution in [-0.2, 0) is 0 Å². The van der Waals surface area contributed by atoms with Crippen molar-refractivity contribution in [3.8, 4) is 17.5 Å². The maximum atomic E-state index is 13.4. The second-order valence-corrected chi connectivity index (χ2v) is 4.81. The number of nitriles is 1. The van der Waals surface area contributed by atoms with Crippen LogP contribution in [0.4, 0.5) is 4.39 Å². The summed E-state index contributed by atoms with van der Waals surface area (Å²) < 4.78 is 20.8. The van der Waals surface area contributed by atoms with Crippen molar-refractivity contribution in [2.45, 2.75) is 0 Å². The number of H-pyrrole nitrogens is 1. The number of imidazole rings is 1. The molecule has 0 saturated carbocycles. The first-order chi connectivity index (χ1) is 10.1. The van der Waals surface area contributed by atoms with Crippen LogP contribution in [0.5, 0.6) is 5.75 Å². The lowest BCUT2D eigenvalue weighted by Crippen LogP contribution is -1.96. The van der Waals surface area contributed by atoms with Crippen molar-refractivity contribution in [1.82, 2.24) is 9.55 Å². The Morgan fingerprint density at radius 1 is 1.29 bits per heavy atom. The standard InChI is InChI=1S/C15H10FN3OS/c1-20-11-3-5-14-13(7-11)18-15(21)19(14)10-2-4-12(16)9(6-10)8-17/h2-7H,1H3,(H,18,21). The Labute approximate surface area is 125 Å². The maximum absolute atomic E-state index is 13.4. The van der Waals surface area contributed by atoms with Gasteiger partial charge in [0.1, 0.15) is 17.6 Å². The van der Waals surface area contributed by atoms with Gasteiger partial charge in [-0.2, -0.15) is 5.26 Å². The molecule has 3 rings (SSSR count). The third kappa shape index (κ3) is 2.18. The summed E-state index contributed by atoms with van der Waals surface area (Å²) >= 11 is 5.32. The minimum atomic E-state index is -0.547. The van der Waals surface area contributed by atoms with Gasteiger partial charge in [0.05, 0.1) is 23.7 Å². The Kier molecular flexibility index (Phi) is 3.20. The van der Waals surface area contributed by atoms with Crippen molar-refractivity contribution >= 4 is 23.3 Å². The number of nitrogens with one attached hydrogen (secondary N) is 1. The minimum absolute atomic E-state index is 0.0164. The van der Waals surface area contributed by atoms with Crippen molar-refractivity contribution in [2.75, 3.05) is 7.11 Å². The summed E-state index contributed by atoms with van der Waals surface area (Å²) in [7, 11) is 1.59. The average Bonchev–Trinajstić information content (AvgIpc) is 2.82. The molecule has 0 atom stereocenters. The van der Waals surface area contributed by atoms with E-state index in [1.165, 1.54) is 12.1 Å². The number of nitrogens with zero attached hydrogens (tertiary/aromatic N) is 2. The van der Waals surface area contributed by atoms with Gasteiger partial charge in [0.15, 0.2) is 4.77 Å². The minimum Gasteiger partial charge on any atom is -0.497 e. The van der Waals surface area contributed by atoms with E-state index in [0.29, 0.717) is 16.2 Å². The molecule has 0 aliphatic rings. The van der Waals surface area contributed by atoms with E-state index in [0.717, 1.165) is 11.0 Å². The lowest BCUT2D eigenvalue weighted by Gasteiger charge is -2.06. The molecular weight excluding hydrogens is 289 g/mol. The molecule has 1 heterocycles. The highest BCUT2D eigenvalue weighted by Gasteiger charge is 2.10.